The quantitative estimate of drug-likeness (QED) is 0.680. The minimum atomic E-state index is 0.845. The Morgan fingerprint density at radius 1 is 1.22 bits per heavy atom. The van der Waals surface area contributed by atoms with Gasteiger partial charge in [-0.05, 0) is 31.0 Å². The summed E-state index contributed by atoms with van der Waals surface area (Å²) in [6, 6.07) is 6.41. The lowest BCUT2D eigenvalue weighted by Gasteiger charge is -2.22. The molecule has 0 amide bonds. The molecular weight excluding hydrogens is 224 g/mol. The van der Waals surface area contributed by atoms with Crippen molar-refractivity contribution in [1.82, 2.24) is 0 Å². The van der Waals surface area contributed by atoms with Gasteiger partial charge in [0.25, 0.3) is 0 Å². The SMILES string of the molecule is Cc1ccc(C)c(OCCC[NH+]2CC[NH2+]CC2)c1. The molecule has 1 aliphatic heterocycles. The molecule has 1 fully saturated rings. The van der Waals surface area contributed by atoms with Crippen LogP contribution in [0.5, 0.6) is 5.75 Å². The number of hydrogen-bond donors (Lipinski definition) is 2. The van der Waals surface area contributed by atoms with E-state index < -0.39 is 0 Å². The van der Waals surface area contributed by atoms with Crippen molar-refractivity contribution in [2.75, 3.05) is 39.3 Å². The van der Waals surface area contributed by atoms with Crippen molar-refractivity contribution >= 4 is 0 Å². The van der Waals surface area contributed by atoms with Crippen LogP contribution in [0.3, 0.4) is 0 Å². The van der Waals surface area contributed by atoms with E-state index >= 15 is 0 Å². The number of aryl methyl sites for hydroxylation is 2. The Balaban J connectivity index is 1.69. The van der Waals surface area contributed by atoms with E-state index in [0.717, 1.165) is 18.8 Å². The molecule has 0 atom stereocenters. The van der Waals surface area contributed by atoms with Gasteiger partial charge in [0.1, 0.15) is 31.9 Å². The van der Waals surface area contributed by atoms with Crippen molar-refractivity contribution in [2.45, 2.75) is 20.3 Å². The zero-order valence-electron chi connectivity index (χ0n) is 11.7. The van der Waals surface area contributed by atoms with Crippen molar-refractivity contribution in [3.8, 4) is 5.75 Å². The van der Waals surface area contributed by atoms with E-state index in [2.05, 4.69) is 37.4 Å². The summed E-state index contributed by atoms with van der Waals surface area (Å²) in [5, 5.41) is 2.41. The van der Waals surface area contributed by atoms with Crippen molar-refractivity contribution in [2.24, 2.45) is 0 Å². The van der Waals surface area contributed by atoms with Crippen LogP contribution in [0.15, 0.2) is 18.2 Å². The van der Waals surface area contributed by atoms with Crippen molar-refractivity contribution < 1.29 is 15.0 Å². The molecule has 3 heteroatoms. The fourth-order valence-electron chi connectivity index (χ4n) is 2.50. The zero-order valence-corrected chi connectivity index (χ0v) is 11.7. The van der Waals surface area contributed by atoms with Gasteiger partial charge in [-0.15, -0.1) is 0 Å². The van der Waals surface area contributed by atoms with Gasteiger partial charge in [-0.1, -0.05) is 12.1 Å². The minimum absolute atomic E-state index is 0.845. The van der Waals surface area contributed by atoms with Crippen LogP contribution in [-0.2, 0) is 0 Å². The molecule has 2 rings (SSSR count). The summed E-state index contributed by atoms with van der Waals surface area (Å²) < 4.78 is 5.89. The highest BCUT2D eigenvalue weighted by molar-refractivity contribution is 5.35. The van der Waals surface area contributed by atoms with Gasteiger partial charge < -0.3 is 15.0 Å². The Bertz CT molecular complexity index is 373. The van der Waals surface area contributed by atoms with Crippen LogP contribution in [0, 0.1) is 13.8 Å². The Labute approximate surface area is 110 Å². The largest absolute Gasteiger partial charge is 0.493 e. The number of nitrogens with one attached hydrogen (secondary N) is 1. The van der Waals surface area contributed by atoms with Crippen molar-refractivity contribution in [3.63, 3.8) is 0 Å². The first-order valence-electron chi connectivity index (χ1n) is 7.11. The fraction of sp³-hybridized carbons (Fsp3) is 0.600. The molecule has 0 aliphatic carbocycles. The van der Waals surface area contributed by atoms with E-state index in [0.29, 0.717) is 0 Å². The molecule has 100 valence electrons. The summed E-state index contributed by atoms with van der Waals surface area (Å²) in [5.41, 5.74) is 2.51. The molecule has 0 bridgehead atoms. The third-order valence-corrected chi connectivity index (χ3v) is 3.68. The highest BCUT2D eigenvalue weighted by atomic mass is 16.5. The lowest BCUT2D eigenvalue weighted by molar-refractivity contribution is -0.946. The normalized spacial score (nSPS) is 16.8. The molecule has 18 heavy (non-hydrogen) atoms. The molecule has 1 aromatic rings. The smallest absolute Gasteiger partial charge is 0.127 e. The minimum Gasteiger partial charge on any atom is -0.493 e. The molecule has 0 unspecified atom stereocenters. The summed E-state index contributed by atoms with van der Waals surface area (Å²) in [6.45, 7) is 11.5. The molecule has 0 spiro atoms. The molecular formula is C15H26N2O+2. The predicted molar refractivity (Wildman–Crippen MR) is 73.3 cm³/mol. The van der Waals surface area contributed by atoms with E-state index in [4.69, 9.17) is 4.74 Å². The molecule has 0 aromatic heterocycles. The Morgan fingerprint density at radius 2 is 2.00 bits per heavy atom. The second kappa shape index (κ2) is 6.76. The first kappa shape index (κ1) is 13.4. The lowest BCUT2D eigenvalue weighted by Crippen LogP contribution is -3.20. The lowest BCUT2D eigenvalue weighted by atomic mass is 10.1. The monoisotopic (exact) mass is 250 g/mol. The number of nitrogens with two attached hydrogens (primary N) is 1. The number of hydrogen-bond acceptors (Lipinski definition) is 1. The first-order chi connectivity index (χ1) is 8.75. The fourth-order valence-corrected chi connectivity index (χ4v) is 2.50. The molecule has 1 aliphatic rings. The maximum atomic E-state index is 5.89. The topological polar surface area (TPSA) is 30.3 Å². The molecule has 1 saturated heterocycles. The van der Waals surface area contributed by atoms with E-state index in [1.807, 2.05) is 0 Å². The third-order valence-electron chi connectivity index (χ3n) is 3.68. The van der Waals surface area contributed by atoms with Crippen LogP contribution < -0.4 is 15.0 Å². The molecule has 3 nitrogen and oxygen atoms in total. The van der Waals surface area contributed by atoms with Crippen LogP contribution in [0.2, 0.25) is 0 Å². The summed E-state index contributed by atoms with van der Waals surface area (Å²) in [6.07, 6.45) is 1.16. The van der Waals surface area contributed by atoms with Gasteiger partial charge in [-0.25, -0.2) is 0 Å². The summed E-state index contributed by atoms with van der Waals surface area (Å²) in [4.78, 5) is 1.74. The maximum absolute atomic E-state index is 5.89. The van der Waals surface area contributed by atoms with Gasteiger partial charge in [0, 0.05) is 6.42 Å². The second-order valence-corrected chi connectivity index (χ2v) is 5.34. The summed E-state index contributed by atoms with van der Waals surface area (Å²) in [5.74, 6) is 1.05. The van der Waals surface area contributed by atoms with Crippen LogP contribution in [0.4, 0.5) is 0 Å². The van der Waals surface area contributed by atoms with Crippen molar-refractivity contribution in [3.05, 3.63) is 29.3 Å². The molecule has 0 radical (unpaired) electrons. The number of ether oxygens (including phenoxy) is 1. The van der Waals surface area contributed by atoms with Crippen LogP contribution in [-0.4, -0.2) is 39.3 Å². The number of quaternary nitrogens is 2. The highest BCUT2D eigenvalue weighted by Crippen LogP contribution is 2.18. The van der Waals surface area contributed by atoms with Crippen LogP contribution in [0.25, 0.3) is 0 Å². The number of piperazine rings is 1. The van der Waals surface area contributed by atoms with Gasteiger partial charge >= 0.3 is 0 Å². The van der Waals surface area contributed by atoms with Crippen LogP contribution in [0.1, 0.15) is 17.5 Å². The molecule has 1 heterocycles. The Morgan fingerprint density at radius 3 is 2.78 bits per heavy atom. The predicted octanol–water partition coefficient (Wildman–Crippen LogP) is -0.466. The standard InChI is InChI=1S/C15H24N2O/c1-13-4-5-14(2)15(12-13)18-11-3-8-17-9-6-16-7-10-17/h4-5,12,16H,3,6-11H2,1-2H3/p+2. The van der Waals surface area contributed by atoms with Gasteiger partial charge in [-0.2, -0.15) is 0 Å². The average Bonchev–Trinajstić information content (AvgIpc) is 2.40. The van der Waals surface area contributed by atoms with E-state index in [9.17, 15) is 0 Å². The first-order valence-corrected chi connectivity index (χ1v) is 7.11. The number of rotatable bonds is 5. The Kier molecular flexibility index (Phi) is 5.02. The van der Waals surface area contributed by atoms with Gasteiger partial charge in [0.15, 0.2) is 0 Å². The van der Waals surface area contributed by atoms with Crippen molar-refractivity contribution in [1.29, 1.82) is 0 Å². The van der Waals surface area contributed by atoms with E-state index in [-0.39, 0.29) is 0 Å². The second-order valence-electron chi connectivity index (χ2n) is 5.34. The summed E-state index contributed by atoms with van der Waals surface area (Å²) in [7, 11) is 0. The maximum Gasteiger partial charge on any atom is 0.127 e. The zero-order chi connectivity index (χ0) is 12.8. The van der Waals surface area contributed by atoms with Gasteiger partial charge in [0.05, 0.1) is 13.2 Å². The van der Waals surface area contributed by atoms with Gasteiger partial charge in [0.2, 0.25) is 0 Å². The molecule has 0 saturated carbocycles. The third kappa shape index (κ3) is 4.00. The van der Waals surface area contributed by atoms with Crippen LogP contribution >= 0.6 is 0 Å². The van der Waals surface area contributed by atoms with Gasteiger partial charge in [-0.3, -0.25) is 0 Å². The summed E-state index contributed by atoms with van der Waals surface area (Å²) >= 11 is 0. The van der Waals surface area contributed by atoms with E-state index in [1.54, 1.807) is 4.90 Å². The number of benzene rings is 1. The average molecular weight is 250 g/mol. The molecule has 1 aromatic carbocycles. The highest BCUT2D eigenvalue weighted by Gasteiger charge is 2.14. The molecule has 3 N–H and O–H groups in total. The Hall–Kier alpha value is -1.06. The van der Waals surface area contributed by atoms with E-state index in [1.165, 1.54) is 43.9 Å².